The molecule has 2 amide bonds. The van der Waals surface area contributed by atoms with Gasteiger partial charge in [0.1, 0.15) is 12.1 Å². The van der Waals surface area contributed by atoms with E-state index in [0.717, 1.165) is 21.6 Å². The zero-order valence-electron chi connectivity index (χ0n) is 27.3. The number of carbonyl (C=O) groups excluding carboxylic acids is 2. The second-order valence-electron chi connectivity index (χ2n) is 13.5. The predicted molar refractivity (Wildman–Crippen MR) is 181 cm³/mol. The van der Waals surface area contributed by atoms with E-state index in [-0.39, 0.29) is 17.3 Å². The molecular weight excluding hydrogens is 616 g/mol. The van der Waals surface area contributed by atoms with E-state index in [1.54, 1.807) is 42.7 Å². The molecule has 2 aromatic carbocycles. The maximum Gasteiger partial charge on any atom is 0.326 e. The second kappa shape index (κ2) is 14.3. The zero-order valence-corrected chi connectivity index (χ0v) is 28.1. The first-order chi connectivity index (χ1) is 22.0. The molecule has 47 heavy (non-hydrogen) atoms. The molecule has 4 aromatic rings. The molecule has 4 rings (SSSR count). The third kappa shape index (κ3) is 9.32. The molecule has 0 radical (unpaired) electrons. The maximum atomic E-state index is 13.3. The summed E-state index contributed by atoms with van der Waals surface area (Å²) in [6.07, 6.45) is 2.75. The van der Waals surface area contributed by atoms with Gasteiger partial charge in [-0.2, -0.15) is 0 Å². The normalized spacial score (nSPS) is 13.0. The van der Waals surface area contributed by atoms with Crippen molar-refractivity contribution < 1.29 is 29.4 Å². The lowest BCUT2D eigenvalue weighted by molar-refractivity contribution is -0.147. The zero-order chi connectivity index (χ0) is 34.5. The van der Waals surface area contributed by atoms with Gasteiger partial charge in [-0.25, -0.2) is 14.8 Å². The Morgan fingerprint density at radius 3 is 1.83 bits per heavy atom. The van der Waals surface area contributed by atoms with E-state index in [1.807, 2.05) is 26.8 Å². The van der Waals surface area contributed by atoms with Gasteiger partial charge in [-0.05, 0) is 39.7 Å². The molecule has 0 saturated carbocycles. The van der Waals surface area contributed by atoms with Crippen LogP contribution in [0.25, 0.3) is 22.5 Å². The van der Waals surface area contributed by atoms with Crippen LogP contribution < -0.4 is 10.6 Å². The summed E-state index contributed by atoms with van der Waals surface area (Å²) in [4.78, 5) is 59.8. The number of carboxylic acids is 2. The van der Waals surface area contributed by atoms with E-state index in [0.29, 0.717) is 16.3 Å². The Balaban J connectivity index is 1.52. The Kier molecular flexibility index (Phi) is 10.6. The van der Waals surface area contributed by atoms with E-state index in [9.17, 15) is 24.3 Å². The van der Waals surface area contributed by atoms with Gasteiger partial charge >= 0.3 is 11.9 Å². The van der Waals surface area contributed by atoms with Crippen LogP contribution in [-0.2, 0) is 31.6 Å². The summed E-state index contributed by atoms with van der Waals surface area (Å²) in [7, 11) is 0. The van der Waals surface area contributed by atoms with Crippen LogP contribution in [0, 0.1) is 0 Å². The van der Waals surface area contributed by atoms with Crippen molar-refractivity contribution in [3.05, 3.63) is 93.9 Å². The molecule has 0 aliphatic rings. The number of aromatic nitrogens is 2. The van der Waals surface area contributed by atoms with Crippen molar-refractivity contribution in [1.82, 2.24) is 20.6 Å². The van der Waals surface area contributed by atoms with Gasteiger partial charge in [-0.15, -0.1) is 11.3 Å². The molecule has 0 fully saturated rings. The minimum absolute atomic E-state index is 0.0269. The van der Waals surface area contributed by atoms with E-state index in [4.69, 9.17) is 5.11 Å². The highest BCUT2D eigenvalue weighted by molar-refractivity contribution is 7.14. The van der Waals surface area contributed by atoms with Crippen molar-refractivity contribution in [2.75, 3.05) is 0 Å². The van der Waals surface area contributed by atoms with Crippen LogP contribution in [0.3, 0.4) is 0 Å². The fraction of sp³-hybridized carbons (Fsp3) is 0.333. The summed E-state index contributed by atoms with van der Waals surface area (Å²) in [5.41, 5.74) is 4.44. The summed E-state index contributed by atoms with van der Waals surface area (Å²) in [6, 6.07) is 16.2. The number of benzene rings is 2. The average Bonchev–Trinajstić information content (AvgIpc) is 3.52. The Labute approximate surface area is 278 Å². The number of carboxylic acid groups (broad SMARTS) is 2. The molecule has 2 atom stereocenters. The summed E-state index contributed by atoms with van der Waals surface area (Å²) in [5.74, 6) is -3.65. The number of thiophene rings is 1. The molecular formula is C36H40N4O6S. The molecule has 0 aliphatic carbocycles. The molecule has 0 spiro atoms. The van der Waals surface area contributed by atoms with Crippen molar-refractivity contribution in [2.45, 2.75) is 77.3 Å². The molecule has 246 valence electrons. The molecule has 10 nitrogen and oxygen atoms in total. The molecule has 0 unspecified atom stereocenters. The minimum atomic E-state index is -1.66. The third-order valence-corrected chi connectivity index (χ3v) is 9.08. The standard InChI is InChI=1S/C36H40N4O6S/c1-35(2,3)25-13-11-22(12-14-25)24-19-37-31(38-20-24)23-9-7-21(8-10-23)17-26(32(43)40-27(34(45)46)18-30(41)42)39-33(44)28-15-16-29(47-28)36(4,5)6/h7-16,19-20,26-27H,17-18H2,1-6H3,(H,39,44)(H,40,43)(H,41,42)(H,45,46)/t26-,27+/m0/s1. The average molecular weight is 657 g/mol. The largest absolute Gasteiger partial charge is 0.481 e. The molecule has 11 heteroatoms. The summed E-state index contributed by atoms with van der Waals surface area (Å²) >= 11 is 1.31. The van der Waals surface area contributed by atoms with Gasteiger partial charge in [-0.1, -0.05) is 90.1 Å². The number of nitrogens with zero attached hydrogens (tertiary/aromatic N) is 2. The summed E-state index contributed by atoms with van der Waals surface area (Å²) in [5, 5.41) is 23.6. The minimum Gasteiger partial charge on any atom is -0.481 e. The molecule has 2 heterocycles. The van der Waals surface area contributed by atoms with Crippen LogP contribution in [0.4, 0.5) is 0 Å². The van der Waals surface area contributed by atoms with Crippen LogP contribution in [0.15, 0.2) is 73.1 Å². The van der Waals surface area contributed by atoms with Gasteiger partial charge < -0.3 is 20.8 Å². The fourth-order valence-electron chi connectivity index (χ4n) is 4.76. The van der Waals surface area contributed by atoms with Crippen LogP contribution in [0.2, 0.25) is 0 Å². The Hall–Kier alpha value is -4.90. The van der Waals surface area contributed by atoms with Crippen molar-refractivity contribution >= 4 is 35.1 Å². The Morgan fingerprint density at radius 1 is 0.723 bits per heavy atom. The smallest absolute Gasteiger partial charge is 0.326 e. The van der Waals surface area contributed by atoms with Gasteiger partial charge in [0.05, 0.1) is 11.3 Å². The van der Waals surface area contributed by atoms with Gasteiger partial charge in [0.2, 0.25) is 5.91 Å². The van der Waals surface area contributed by atoms with Crippen LogP contribution in [0.5, 0.6) is 0 Å². The first-order valence-corrected chi connectivity index (χ1v) is 16.0. The van der Waals surface area contributed by atoms with E-state index >= 15 is 0 Å². The third-order valence-electron chi connectivity index (χ3n) is 7.57. The van der Waals surface area contributed by atoms with Crippen molar-refractivity contribution in [3.63, 3.8) is 0 Å². The number of nitrogens with one attached hydrogen (secondary N) is 2. The van der Waals surface area contributed by atoms with Gasteiger partial charge in [-0.3, -0.25) is 14.4 Å². The molecule has 0 bridgehead atoms. The van der Waals surface area contributed by atoms with Gasteiger partial charge in [0.15, 0.2) is 5.82 Å². The summed E-state index contributed by atoms with van der Waals surface area (Å²) < 4.78 is 0. The highest BCUT2D eigenvalue weighted by atomic mass is 32.1. The number of rotatable bonds is 11. The van der Waals surface area contributed by atoms with Crippen LogP contribution in [0.1, 0.15) is 73.6 Å². The van der Waals surface area contributed by atoms with E-state index < -0.39 is 42.3 Å². The first-order valence-electron chi connectivity index (χ1n) is 15.2. The highest BCUT2D eigenvalue weighted by Gasteiger charge is 2.29. The number of carbonyl (C=O) groups is 4. The molecule has 0 saturated heterocycles. The second-order valence-corrected chi connectivity index (χ2v) is 14.5. The van der Waals surface area contributed by atoms with Gasteiger partial charge in [0, 0.05) is 34.8 Å². The molecule has 0 aliphatic heterocycles. The highest BCUT2D eigenvalue weighted by Crippen LogP contribution is 2.30. The number of hydrogen-bond acceptors (Lipinski definition) is 7. The lowest BCUT2D eigenvalue weighted by Gasteiger charge is -2.21. The van der Waals surface area contributed by atoms with E-state index in [1.165, 1.54) is 16.9 Å². The fourth-order valence-corrected chi connectivity index (χ4v) is 5.73. The first kappa shape index (κ1) is 35.0. The number of amides is 2. The number of hydrogen-bond donors (Lipinski definition) is 4. The van der Waals surface area contributed by atoms with Crippen LogP contribution >= 0.6 is 11.3 Å². The van der Waals surface area contributed by atoms with Crippen molar-refractivity contribution in [1.29, 1.82) is 0 Å². The monoisotopic (exact) mass is 656 g/mol. The van der Waals surface area contributed by atoms with Gasteiger partial charge in [0.25, 0.3) is 5.91 Å². The summed E-state index contributed by atoms with van der Waals surface area (Å²) in [6.45, 7) is 12.6. The Bertz CT molecular complexity index is 1730. The number of aliphatic carboxylic acids is 2. The molecule has 4 N–H and O–H groups in total. The Morgan fingerprint density at radius 2 is 1.32 bits per heavy atom. The topological polar surface area (TPSA) is 159 Å². The lowest BCUT2D eigenvalue weighted by Crippen LogP contribution is -2.52. The predicted octanol–water partition coefficient (Wildman–Crippen LogP) is 5.85. The van der Waals surface area contributed by atoms with Crippen LogP contribution in [-0.4, -0.2) is 56.0 Å². The van der Waals surface area contributed by atoms with Crippen molar-refractivity contribution in [3.8, 4) is 22.5 Å². The van der Waals surface area contributed by atoms with Crippen molar-refractivity contribution in [2.24, 2.45) is 0 Å². The lowest BCUT2D eigenvalue weighted by atomic mass is 9.86. The maximum absolute atomic E-state index is 13.3. The molecule has 2 aromatic heterocycles. The quantitative estimate of drug-likeness (QED) is 0.156. The SMILES string of the molecule is CC(C)(C)c1ccc(-c2cnc(-c3ccc(C[C@H](NC(=O)c4ccc(C(C)(C)C)s4)C(=O)N[C@H](CC(=O)O)C(=O)O)cc3)nc2)cc1. The van der Waals surface area contributed by atoms with E-state index in [2.05, 4.69) is 65.6 Å².